The van der Waals surface area contributed by atoms with Gasteiger partial charge in [-0.25, -0.2) is 4.39 Å². The Morgan fingerprint density at radius 3 is 2.57 bits per heavy atom. The summed E-state index contributed by atoms with van der Waals surface area (Å²) >= 11 is 0. The average molecular weight is 294 g/mol. The molecule has 1 amide bonds. The van der Waals surface area contributed by atoms with Gasteiger partial charge in [0.05, 0.1) is 0 Å². The van der Waals surface area contributed by atoms with E-state index in [2.05, 4.69) is 13.8 Å². The Hall–Kier alpha value is -1.42. The van der Waals surface area contributed by atoms with Crippen molar-refractivity contribution in [1.29, 1.82) is 0 Å². The molecule has 0 radical (unpaired) electrons. The zero-order valence-electron chi connectivity index (χ0n) is 13.3. The molecule has 1 unspecified atom stereocenters. The molecule has 3 nitrogen and oxygen atoms in total. The monoisotopic (exact) mass is 294 g/mol. The van der Waals surface area contributed by atoms with Crippen molar-refractivity contribution in [2.75, 3.05) is 18.0 Å². The van der Waals surface area contributed by atoms with Crippen LogP contribution in [0.2, 0.25) is 0 Å². The summed E-state index contributed by atoms with van der Waals surface area (Å²) in [5, 5.41) is 0. The molecule has 0 spiro atoms. The zero-order chi connectivity index (χ0) is 15.8. The fourth-order valence-corrected chi connectivity index (χ4v) is 2.62. The number of benzene rings is 1. The van der Waals surface area contributed by atoms with Crippen LogP contribution in [0.25, 0.3) is 0 Å². The Morgan fingerprint density at radius 1 is 1.33 bits per heavy atom. The molecule has 0 fully saturated rings. The second-order valence-electron chi connectivity index (χ2n) is 5.74. The van der Waals surface area contributed by atoms with Crippen LogP contribution in [-0.2, 0) is 4.79 Å². The molecule has 118 valence electrons. The van der Waals surface area contributed by atoms with Crippen LogP contribution >= 0.6 is 0 Å². The lowest BCUT2D eigenvalue weighted by Crippen LogP contribution is -2.31. The molecule has 21 heavy (non-hydrogen) atoms. The third kappa shape index (κ3) is 5.46. The van der Waals surface area contributed by atoms with Crippen molar-refractivity contribution in [2.45, 2.75) is 40.0 Å². The van der Waals surface area contributed by atoms with E-state index in [9.17, 15) is 9.18 Å². The smallest absolute Gasteiger partial charge is 0.226 e. The molecule has 0 saturated heterocycles. The first-order valence-corrected chi connectivity index (χ1v) is 7.75. The van der Waals surface area contributed by atoms with Crippen molar-refractivity contribution in [1.82, 2.24) is 0 Å². The molecule has 1 aromatic carbocycles. The average Bonchev–Trinajstić information content (AvgIpc) is 2.44. The summed E-state index contributed by atoms with van der Waals surface area (Å²) in [7, 11) is 0. The summed E-state index contributed by atoms with van der Waals surface area (Å²) in [5.74, 6) is 0.712. The van der Waals surface area contributed by atoms with Crippen molar-refractivity contribution in [3.05, 3.63) is 30.1 Å². The van der Waals surface area contributed by atoms with Gasteiger partial charge in [0.1, 0.15) is 5.82 Å². The second-order valence-corrected chi connectivity index (χ2v) is 5.74. The maximum atomic E-state index is 13.3. The van der Waals surface area contributed by atoms with Crippen molar-refractivity contribution in [2.24, 2.45) is 17.6 Å². The zero-order valence-corrected chi connectivity index (χ0v) is 13.3. The van der Waals surface area contributed by atoms with E-state index in [1.54, 1.807) is 17.0 Å². The van der Waals surface area contributed by atoms with E-state index >= 15 is 0 Å². The van der Waals surface area contributed by atoms with Crippen LogP contribution in [0.5, 0.6) is 0 Å². The lowest BCUT2D eigenvalue weighted by molar-refractivity contribution is -0.118. The Labute approximate surface area is 127 Å². The highest BCUT2D eigenvalue weighted by Crippen LogP contribution is 2.22. The second kappa shape index (κ2) is 8.78. The third-order valence-corrected chi connectivity index (χ3v) is 3.95. The summed E-state index contributed by atoms with van der Waals surface area (Å²) < 4.78 is 13.3. The van der Waals surface area contributed by atoms with E-state index in [0.29, 0.717) is 37.0 Å². The van der Waals surface area contributed by atoms with Crippen LogP contribution in [0, 0.1) is 17.7 Å². The quantitative estimate of drug-likeness (QED) is 0.796. The van der Waals surface area contributed by atoms with Crippen LogP contribution in [-0.4, -0.2) is 19.0 Å². The predicted octanol–water partition coefficient (Wildman–Crippen LogP) is 3.58. The van der Waals surface area contributed by atoms with Crippen molar-refractivity contribution < 1.29 is 9.18 Å². The summed E-state index contributed by atoms with van der Waals surface area (Å²) in [6, 6.07) is 6.19. The lowest BCUT2D eigenvalue weighted by Gasteiger charge is -2.24. The molecule has 0 bridgehead atoms. The molecule has 0 saturated carbocycles. The van der Waals surface area contributed by atoms with Crippen LogP contribution in [0.3, 0.4) is 0 Å². The van der Waals surface area contributed by atoms with E-state index in [0.717, 1.165) is 12.8 Å². The number of nitrogens with zero attached hydrogens (tertiary/aromatic N) is 1. The number of rotatable bonds is 8. The Balaban J connectivity index is 2.67. The lowest BCUT2D eigenvalue weighted by atomic mass is 9.88. The van der Waals surface area contributed by atoms with E-state index in [1.165, 1.54) is 12.1 Å². The Kier molecular flexibility index (Phi) is 7.37. The summed E-state index contributed by atoms with van der Waals surface area (Å²) in [4.78, 5) is 14.0. The van der Waals surface area contributed by atoms with Gasteiger partial charge in [-0.15, -0.1) is 0 Å². The number of halogens is 1. The molecule has 1 aromatic rings. The highest BCUT2D eigenvalue weighted by atomic mass is 19.1. The first-order valence-electron chi connectivity index (χ1n) is 7.75. The van der Waals surface area contributed by atoms with Gasteiger partial charge in [0.25, 0.3) is 0 Å². The number of carbonyl (C=O) groups is 1. The molecular weight excluding hydrogens is 267 g/mol. The molecule has 0 aromatic heterocycles. The molecule has 1 rings (SSSR count). The van der Waals surface area contributed by atoms with Gasteiger partial charge >= 0.3 is 0 Å². The molecule has 4 heteroatoms. The van der Waals surface area contributed by atoms with Crippen LogP contribution in [0.15, 0.2) is 24.3 Å². The van der Waals surface area contributed by atoms with Gasteiger partial charge in [-0.3, -0.25) is 4.79 Å². The number of nitrogens with two attached hydrogens (primary N) is 1. The Bertz CT molecular complexity index is 448. The van der Waals surface area contributed by atoms with Crippen LogP contribution < -0.4 is 10.6 Å². The first kappa shape index (κ1) is 17.6. The summed E-state index contributed by atoms with van der Waals surface area (Å²) in [6.07, 6.45) is 2.25. The first-order chi connectivity index (χ1) is 9.99. The van der Waals surface area contributed by atoms with Crippen molar-refractivity contribution in [3.8, 4) is 0 Å². The van der Waals surface area contributed by atoms with Gasteiger partial charge in [0, 0.05) is 18.7 Å². The van der Waals surface area contributed by atoms with E-state index in [1.807, 2.05) is 6.92 Å². The van der Waals surface area contributed by atoms with E-state index in [4.69, 9.17) is 5.73 Å². The number of anilines is 1. The van der Waals surface area contributed by atoms with Crippen molar-refractivity contribution in [3.63, 3.8) is 0 Å². The molecule has 0 aliphatic rings. The van der Waals surface area contributed by atoms with Crippen LogP contribution in [0.4, 0.5) is 10.1 Å². The number of carbonyl (C=O) groups excluding carboxylic acids is 1. The molecule has 0 heterocycles. The van der Waals surface area contributed by atoms with E-state index < -0.39 is 0 Å². The normalized spacial score (nSPS) is 12.5. The van der Waals surface area contributed by atoms with Gasteiger partial charge in [-0.05, 0) is 56.3 Å². The number of amides is 1. The summed E-state index contributed by atoms with van der Waals surface area (Å²) in [5.41, 5.74) is 6.26. The molecule has 0 aliphatic heterocycles. The molecule has 0 aliphatic carbocycles. The fourth-order valence-electron chi connectivity index (χ4n) is 2.62. The number of hydrogen-bond donors (Lipinski definition) is 1. The predicted molar refractivity (Wildman–Crippen MR) is 85.7 cm³/mol. The standard InChI is InChI=1S/C17H27FN2O/c1-4-20(16-7-5-6-15(18)12-16)17(21)9-8-14(10-11-19)13(2)3/h5-7,12-14H,4,8-11,19H2,1-3H3. The van der Waals surface area contributed by atoms with Crippen molar-refractivity contribution >= 4 is 11.6 Å². The molecular formula is C17H27FN2O. The van der Waals surface area contributed by atoms with Gasteiger partial charge in [-0.1, -0.05) is 19.9 Å². The van der Waals surface area contributed by atoms with Crippen LogP contribution in [0.1, 0.15) is 40.0 Å². The highest BCUT2D eigenvalue weighted by Gasteiger charge is 2.18. The van der Waals surface area contributed by atoms with Gasteiger partial charge in [-0.2, -0.15) is 0 Å². The maximum absolute atomic E-state index is 13.3. The Morgan fingerprint density at radius 2 is 2.05 bits per heavy atom. The molecule has 2 N–H and O–H groups in total. The van der Waals surface area contributed by atoms with Gasteiger partial charge < -0.3 is 10.6 Å². The molecule has 1 atom stereocenters. The third-order valence-electron chi connectivity index (χ3n) is 3.95. The minimum Gasteiger partial charge on any atom is -0.330 e. The minimum atomic E-state index is -0.318. The van der Waals surface area contributed by atoms with Gasteiger partial charge in [0.2, 0.25) is 5.91 Å². The highest BCUT2D eigenvalue weighted by molar-refractivity contribution is 5.93. The number of hydrogen-bond acceptors (Lipinski definition) is 2. The minimum absolute atomic E-state index is 0.0470. The van der Waals surface area contributed by atoms with E-state index in [-0.39, 0.29) is 11.7 Å². The largest absolute Gasteiger partial charge is 0.330 e. The van der Waals surface area contributed by atoms with Gasteiger partial charge in [0.15, 0.2) is 0 Å². The SMILES string of the molecule is CCN(C(=O)CCC(CCN)C(C)C)c1cccc(F)c1. The summed E-state index contributed by atoms with van der Waals surface area (Å²) in [6.45, 7) is 7.43. The maximum Gasteiger partial charge on any atom is 0.226 e. The topological polar surface area (TPSA) is 46.3 Å². The fraction of sp³-hybridized carbons (Fsp3) is 0.588.